The van der Waals surface area contributed by atoms with Gasteiger partial charge in [0.15, 0.2) is 5.13 Å². The molecule has 0 aliphatic rings. The van der Waals surface area contributed by atoms with Crippen LogP contribution in [0.15, 0.2) is 58.8 Å². The van der Waals surface area contributed by atoms with E-state index in [2.05, 4.69) is 20.9 Å². The molecule has 138 valence electrons. The van der Waals surface area contributed by atoms with Crippen LogP contribution in [-0.4, -0.2) is 23.2 Å². The van der Waals surface area contributed by atoms with Gasteiger partial charge in [0.2, 0.25) is 0 Å². The number of hydrogen-bond acceptors (Lipinski definition) is 5. The third kappa shape index (κ3) is 5.46. The Morgan fingerprint density at radius 1 is 1.04 bits per heavy atom. The minimum atomic E-state index is -0.466. The molecule has 0 unspecified atom stereocenters. The molecule has 0 radical (unpaired) electrons. The number of urea groups is 1. The van der Waals surface area contributed by atoms with E-state index >= 15 is 0 Å². The number of thiazole rings is 1. The highest BCUT2D eigenvalue weighted by Crippen LogP contribution is 2.21. The van der Waals surface area contributed by atoms with Gasteiger partial charge in [-0.25, -0.2) is 9.78 Å². The van der Waals surface area contributed by atoms with Gasteiger partial charge < -0.3 is 10.6 Å². The number of anilines is 3. The molecule has 27 heavy (non-hydrogen) atoms. The second-order valence-electron chi connectivity index (χ2n) is 5.31. The van der Waals surface area contributed by atoms with Crippen LogP contribution in [-0.2, 0) is 0 Å². The van der Waals surface area contributed by atoms with Gasteiger partial charge in [0.25, 0.3) is 5.91 Å². The Hall–Kier alpha value is -2.55. The number of benzene rings is 2. The van der Waals surface area contributed by atoms with E-state index < -0.39 is 6.03 Å². The summed E-state index contributed by atoms with van der Waals surface area (Å²) in [4.78, 5) is 29.6. The minimum absolute atomic E-state index is 0.229. The van der Waals surface area contributed by atoms with E-state index in [1.807, 2.05) is 30.5 Å². The van der Waals surface area contributed by atoms with Crippen molar-refractivity contribution in [3.05, 3.63) is 64.6 Å². The first-order valence-corrected chi connectivity index (χ1v) is 10.3. The number of carbonyl (C=O) groups excluding carboxylic acids is 2. The van der Waals surface area contributed by atoms with E-state index in [-0.39, 0.29) is 11.6 Å². The molecule has 0 aliphatic carbocycles. The zero-order chi connectivity index (χ0) is 19.2. The molecule has 9 heteroatoms. The van der Waals surface area contributed by atoms with E-state index in [4.69, 9.17) is 11.6 Å². The van der Waals surface area contributed by atoms with Crippen LogP contribution >= 0.6 is 34.7 Å². The monoisotopic (exact) mass is 418 g/mol. The molecule has 3 aromatic rings. The number of hydrogen-bond donors (Lipinski definition) is 3. The van der Waals surface area contributed by atoms with Gasteiger partial charge >= 0.3 is 6.03 Å². The molecule has 2 aromatic carbocycles. The molecular weight excluding hydrogens is 404 g/mol. The van der Waals surface area contributed by atoms with Gasteiger partial charge in [0.05, 0.1) is 0 Å². The highest BCUT2D eigenvalue weighted by atomic mass is 35.5. The zero-order valence-electron chi connectivity index (χ0n) is 14.2. The van der Waals surface area contributed by atoms with Gasteiger partial charge in [0, 0.05) is 26.7 Å². The molecule has 0 saturated heterocycles. The van der Waals surface area contributed by atoms with Crippen LogP contribution in [0.4, 0.5) is 21.3 Å². The van der Waals surface area contributed by atoms with E-state index in [1.54, 1.807) is 41.4 Å². The average molecular weight is 419 g/mol. The highest BCUT2D eigenvalue weighted by molar-refractivity contribution is 7.98. The molecule has 6 nitrogen and oxygen atoms in total. The zero-order valence-corrected chi connectivity index (χ0v) is 16.5. The predicted molar refractivity (Wildman–Crippen MR) is 112 cm³/mol. The Bertz CT molecular complexity index is 977. The largest absolute Gasteiger partial charge is 0.325 e. The predicted octanol–water partition coefficient (Wildman–Crippen LogP) is 5.41. The lowest BCUT2D eigenvalue weighted by Crippen LogP contribution is -2.19. The Kier molecular flexibility index (Phi) is 6.33. The van der Waals surface area contributed by atoms with Gasteiger partial charge in [-0.2, -0.15) is 0 Å². The average Bonchev–Trinajstić information content (AvgIpc) is 3.10. The number of nitrogens with zero attached hydrogens (tertiary/aromatic N) is 1. The molecule has 0 fully saturated rings. The summed E-state index contributed by atoms with van der Waals surface area (Å²) in [6.07, 6.45) is 1.97. The van der Waals surface area contributed by atoms with E-state index in [0.717, 1.165) is 16.2 Å². The molecule has 3 amide bonds. The van der Waals surface area contributed by atoms with Gasteiger partial charge in [-0.1, -0.05) is 23.7 Å². The van der Waals surface area contributed by atoms with E-state index in [1.165, 1.54) is 0 Å². The first-order valence-electron chi connectivity index (χ1n) is 7.78. The third-order valence-corrected chi connectivity index (χ3v) is 5.09. The fourth-order valence-corrected chi connectivity index (χ4v) is 3.49. The Balaban J connectivity index is 1.60. The van der Waals surface area contributed by atoms with Crippen molar-refractivity contribution >= 4 is 63.1 Å². The summed E-state index contributed by atoms with van der Waals surface area (Å²) < 4.78 is 0. The maximum Gasteiger partial charge on any atom is 0.325 e. The SMILES string of the molecule is CSc1cccc(NC(=O)c2csc(NC(=O)Nc3cccc(Cl)c3)n2)c1. The van der Waals surface area contributed by atoms with Crippen LogP contribution in [0.2, 0.25) is 5.02 Å². The van der Waals surface area contributed by atoms with E-state index in [0.29, 0.717) is 21.5 Å². The Morgan fingerprint density at radius 3 is 2.52 bits per heavy atom. The molecule has 0 saturated carbocycles. The number of amides is 3. The van der Waals surface area contributed by atoms with Crippen molar-refractivity contribution in [3.8, 4) is 0 Å². The van der Waals surface area contributed by atoms with E-state index in [9.17, 15) is 9.59 Å². The normalized spacial score (nSPS) is 10.3. The van der Waals surface area contributed by atoms with Crippen molar-refractivity contribution in [1.29, 1.82) is 0 Å². The summed E-state index contributed by atoms with van der Waals surface area (Å²) in [6, 6.07) is 13.8. The summed E-state index contributed by atoms with van der Waals surface area (Å²) in [5.41, 5.74) is 1.48. The lowest BCUT2D eigenvalue weighted by Gasteiger charge is -2.06. The topological polar surface area (TPSA) is 83.1 Å². The standard InChI is InChI=1S/C18H15ClN4O2S2/c1-26-14-7-3-6-13(9-14)20-16(24)15-10-27-18(22-15)23-17(25)21-12-5-2-4-11(19)8-12/h2-10H,1H3,(H,20,24)(H2,21,22,23,25). The summed E-state index contributed by atoms with van der Waals surface area (Å²) in [7, 11) is 0. The van der Waals surface area contributed by atoms with Gasteiger partial charge in [0.1, 0.15) is 5.69 Å². The van der Waals surface area contributed by atoms with Crippen molar-refractivity contribution in [2.24, 2.45) is 0 Å². The molecule has 0 atom stereocenters. The smallest absolute Gasteiger partial charge is 0.321 e. The van der Waals surface area contributed by atoms with Crippen LogP contribution < -0.4 is 16.0 Å². The van der Waals surface area contributed by atoms with Crippen LogP contribution in [0.3, 0.4) is 0 Å². The molecule has 3 N–H and O–H groups in total. The molecule has 1 heterocycles. The third-order valence-electron chi connectivity index (χ3n) is 3.37. The number of thioether (sulfide) groups is 1. The highest BCUT2D eigenvalue weighted by Gasteiger charge is 2.13. The lowest BCUT2D eigenvalue weighted by molar-refractivity contribution is 0.102. The van der Waals surface area contributed by atoms with Gasteiger partial charge in [-0.15, -0.1) is 23.1 Å². The van der Waals surface area contributed by atoms with Crippen LogP contribution in [0.5, 0.6) is 0 Å². The molecular formula is C18H15ClN4O2S2. The second kappa shape index (κ2) is 8.90. The molecule has 3 rings (SSSR count). The van der Waals surface area contributed by atoms with Crippen molar-refractivity contribution in [1.82, 2.24) is 4.98 Å². The summed E-state index contributed by atoms with van der Waals surface area (Å²) >= 11 is 8.64. The van der Waals surface area contributed by atoms with Crippen LogP contribution in [0, 0.1) is 0 Å². The first-order chi connectivity index (χ1) is 13.0. The number of halogens is 1. The fraction of sp³-hybridized carbons (Fsp3) is 0.0556. The molecule has 0 bridgehead atoms. The maximum atomic E-state index is 12.3. The molecule has 0 aliphatic heterocycles. The Morgan fingerprint density at radius 2 is 1.78 bits per heavy atom. The molecule has 1 aromatic heterocycles. The summed E-state index contributed by atoms with van der Waals surface area (Å²) in [6.45, 7) is 0. The quantitative estimate of drug-likeness (QED) is 0.483. The van der Waals surface area contributed by atoms with Crippen molar-refractivity contribution in [2.75, 3.05) is 22.2 Å². The van der Waals surface area contributed by atoms with Gasteiger partial charge in [-0.05, 0) is 42.7 Å². The van der Waals surface area contributed by atoms with Gasteiger partial charge in [-0.3, -0.25) is 10.1 Å². The first kappa shape index (κ1) is 19.2. The Labute approximate surface area is 169 Å². The molecule has 0 spiro atoms. The van der Waals surface area contributed by atoms with Crippen molar-refractivity contribution in [2.45, 2.75) is 4.90 Å². The summed E-state index contributed by atoms with van der Waals surface area (Å²) in [5, 5.41) is 10.5. The second-order valence-corrected chi connectivity index (χ2v) is 7.49. The van der Waals surface area contributed by atoms with Crippen molar-refractivity contribution < 1.29 is 9.59 Å². The number of rotatable bonds is 5. The number of aromatic nitrogens is 1. The van der Waals surface area contributed by atoms with Crippen LogP contribution in [0.25, 0.3) is 0 Å². The van der Waals surface area contributed by atoms with Crippen LogP contribution in [0.1, 0.15) is 10.5 Å². The van der Waals surface area contributed by atoms with Crippen molar-refractivity contribution in [3.63, 3.8) is 0 Å². The summed E-state index contributed by atoms with van der Waals surface area (Å²) in [5.74, 6) is -0.340. The lowest BCUT2D eigenvalue weighted by atomic mass is 10.3. The minimum Gasteiger partial charge on any atom is -0.321 e. The fourth-order valence-electron chi connectivity index (χ4n) is 2.16. The maximum absolute atomic E-state index is 12.3. The number of nitrogens with one attached hydrogen (secondary N) is 3. The number of carbonyl (C=O) groups is 2.